The van der Waals surface area contributed by atoms with E-state index in [9.17, 15) is 4.79 Å². The summed E-state index contributed by atoms with van der Waals surface area (Å²) < 4.78 is 5.23. The minimum absolute atomic E-state index is 0.0283. The topological polar surface area (TPSA) is 92.0 Å². The van der Waals surface area contributed by atoms with Crippen molar-refractivity contribution in [2.24, 2.45) is 10.7 Å². The molecule has 0 saturated carbocycles. The number of methoxy groups -OCH3 is 1. The lowest BCUT2D eigenvalue weighted by molar-refractivity contribution is 0.159. The van der Waals surface area contributed by atoms with E-state index < -0.39 is 0 Å². The summed E-state index contributed by atoms with van der Waals surface area (Å²) in [5, 5.41) is 6.03. The number of carbonyl (C=O) groups is 1. The zero-order valence-corrected chi connectivity index (χ0v) is 18.1. The Labute approximate surface area is 184 Å². The number of nitrogens with one attached hydrogen (secondary N) is 2. The lowest BCUT2D eigenvalue weighted by Crippen LogP contribution is -2.47. The summed E-state index contributed by atoms with van der Waals surface area (Å²) in [5.74, 6) is 0.626. The van der Waals surface area contributed by atoms with Gasteiger partial charge in [0.1, 0.15) is 5.84 Å². The summed E-state index contributed by atoms with van der Waals surface area (Å²) >= 11 is 0. The number of rotatable bonds is 7. The van der Waals surface area contributed by atoms with Crippen LogP contribution in [0.15, 0.2) is 71.9 Å². The summed E-state index contributed by atoms with van der Waals surface area (Å²) in [6.07, 6.45) is 1.47. The number of benzene rings is 2. The van der Waals surface area contributed by atoms with Gasteiger partial charge >= 0.3 is 6.03 Å². The highest BCUT2D eigenvalue weighted by Gasteiger charge is 2.34. The van der Waals surface area contributed by atoms with Gasteiger partial charge in [-0.2, -0.15) is 0 Å². The van der Waals surface area contributed by atoms with E-state index in [-0.39, 0.29) is 18.0 Å². The molecule has 0 radical (unpaired) electrons. The van der Waals surface area contributed by atoms with Gasteiger partial charge < -0.3 is 15.8 Å². The first-order chi connectivity index (χ1) is 15.2. The van der Waals surface area contributed by atoms with Crippen LogP contribution in [0, 0.1) is 0 Å². The Kier molecular flexibility index (Phi) is 8.20. The molecule has 2 amide bonds. The molecule has 0 bridgehead atoms. The maximum absolute atomic E-state index is 12.9. The molecule has 2 aromatic rings. The van der Waals surface area contributed by atoms with Gasteiger partial charge in [-0.15, -0.1) is 0 Å². The monoisotopic (exact) mass is 421 g/mol. The van der Waals surface area contributed by atoms with Gasteiger partial charge in [-0.05, 0) is 11.1 Å². The second-order valence-corrected chi connectivity index (χ2v) is 7.49. The van der Waals surface area contributed by atoms with Crippen LogP contribution in [0.5, 0.6) is 0 Å². The third-order valence-electron chi connectivity index (χ3n) is 5.51. The highest BCUT2D eigenvalue weighted by atomic mass is 16.5. The lowest BCUT2D eigenvalue weighted by atomic mass is 9.94. The molecule has 0 spiro atoms. The lowest BCUT2D eigenvalue weighted by Gasteiger charge is -2.21. The Morgan fingerprint density at radius 1 is 1.16 bits per heavy atom. The van der Waals surface area contributed by atoms with E-state index in [1.807, 2.05) is 48.5 Å². The Morgan fingerprint density at radius 3 is 2.45 bits per heavy atom. The minimum Gasteiger partial charge on any atom is -0.404 e. The van der Waals surface area contributed by atoms with Crippen molar-refractivity contribution in [3.63, 3.8) is 0 Å². The molecule has 1 heterocycles. The van der Waals surface area contributed by atoms with Crippen LogP contribution in [0.1, 0.15) is 17.0 Å². The van der Waals surface area contributed by atoms with Crippen LogP contribution in [0.4, 0.5) is 4.79 Å². The number of nitrogens with two attached hydrogens (primary N) is 1. The second kappa shape index (κ2) is 11.3. The minimum atomic E-state index is -0.296. The van der Waals surface area contributed by atoms with Crippen molar-refractivity contribution in [3.8, 4) is 0 Å². The van der Waals surface area contributed by atoms with Crippen LogP contribution in [-0.4, -0.2) is 63.2 Å². The predicted octanol–water partition coefficient (Wildman–Crippen LogP) is 2.43. The molecule has 0 aromatic heterocycles. The summed E-state index contributed by atoms with van der Waals surface area (Å²) in [6.45, 7) is 3.11. The Bertz CT molecular complexity index is 899. The number of carbonyl (C=O) groups excluding carboxylic acids is 1. The highest BCUT2D eigenvalue weighted by Crippen LogP contribution is 2.27. The van der Waals surface area contributed by atoms with Crippen LogP contribution in [-0.2, 0) is 4.74 Å². The van der Waals surface area contributed by atoms with Gasteiger partial charge in [-0.3, -0.25) is 15.2 Å². The number of aliphatic imine (C=N–C) groups is 1. The number of hydrogen-bond donors (Lipinski definition) is 3. The molecular formula is C24H31N5O2. The Morgan fingerprint density at radius 2 is 1.84 bits per heavy atom. The van der Waals surface area contributed by atoms with Crippen LogP contribution < -0.4 is 16.4 Å². The molecule has 1 aliphatic rings. The molecule has 164 valence electrons. The van der Waals surface area contributed by atoms with Crippen LogP contribution in [0.25, 0.3) is 5.57 Å². The summed E-state index contributed by atoms with van der Waals surface area (Å²) in [4.78, 5) is 19.5. The van der Waals surface area contributed by atoms with Crippen molar-refractivity contribution in [1.82, 2.24) is 15.5 Å². The summed E-state index contributed by atoms with van der Waals surface area (Å²) in [7, 11) is 3.34. The van der Waals surface area contributed by atoms with Gasteiger partial charge in [0.2, 0.25) is 0 Å². The average molecular weight is 422 g/mol. The number of amidine groups is 1. The van der Waals surface area contributed by atoms with E-state index >= 15 is 0 Å². The molecule has 0 aliphatic carbocycles. The molecule has 3 rings (SSSR count). The number of urea groups is 1. The fourth-order valence-corrected chi connectivity index (χ4v) is 3.96. The van der Waals surface area contributed by atoms with Crippen molar-refractivity contribution in [3.05, 3.63) is 78.0 Å². The van der Waals surface area contributed by atoms with Gasteiger partial charge in [0.15, 0.2) is 0 Å². The van der Waals surface area contributed by atoms with Gasteiger partial charge in [0.25, 0.3) is 0 Å². The molecule has 7 heteroatoms. The maximum Gasteiger partial charge on any atom is 0.320 e. The van der Waals surface area contributed by atoms with E-state index in [0.29, 0.717) is 18.0 Å². The molecule has 7 nitrogen and oxygen atoms in total. The molecule has 1 aliphatic heterocycles. The zero-order valence-electron chi connectivity index (χ0n) is 18.1. The zero-order chi connectivity index (χ0) is 22.1. The van der Waals surface area contributed by atoms with Crippen LogP contribution in [0.2, 0.25) is 0 Å². The van der Waals surface area contributed by atoms with Crippen molar-refractivity contribution < 1.29 is 9.53 Å². The van der Waals surface area contributed by atoms with Gasteiger partial charge in [0, 0.05) is 51.5 Å². The molecule has 2 atom stereocenters. The quantitative estimate of drug-likeness (QED) is 0.473. The van der Waals surface area contributed by atoms with Gasteiger partial charge in [0.05, 0.1) is 12.6 Å². The maximum atomic E-state index is 12.9. The Balaban J connectivity index is 1.70. The third-order valence-corrected chi connectivity index (χ3v) is 5.51. The molecule has 4 N–H and O–H groups in total. The first-order valence-corrected chi connectivity index (χ1v) is 10.4. The van der Waals surface area contributed by atoms with Crippen molar-refractivity contribution in [1.29, 1.82) is 0 Å². The molecular weight excluding hydrogens is 390 g/mol. The molecule has 31 heavy (non-hydrogen) atoms. The van der Waals surface area contributed by atoms with Crippen molar-refractivity contribution >= 4 is 17.4 Å². The largest absolute Gasteiger partial charge is 0.404 e. The predicted molar refractivity (Wildman–Crippen MR) is 125 cm³/mol. The van der Waals surface area contributed by atoms with Gasteiger partial charge in [-0.25, -0.2) is 4.79 Å². The van der Waals surface area contributed by atoms with E-state index in [0.717, 1.165) is 25.2 Å². The smallest absolute Gasteiger partial charge is 0.320 e. The third kappa shape index (κ3) is 5.93. The highest BCUT2D eigenvalue weighted by molar-refractivity contribution is 6.26. The van der Waals surface area contributed by atoms with Crippen molar-refractivity contribution in [2.75, 3.05) is 40.4 Å². The SMILES string of the molecule is CN=C(NC(=O)N[C@@H]1CN(CCOC)C[C@H]1c1ccccc1)C(=CN)c1ccccc1. The van der Waals surface area contributed by atoms with Gasteiger partial charge in [-0.1, -0.05) is 60.7 Å². The normalized spacial score (nSPS) is 19.9. The van der Waals surface area contributed by atoms with Crippen molar-refractivity contribution in [2.45, 2.75) is 12.0 Å². The second-order valence-electron chi connectivity index (χ2n) is 7.49. The van der Waals surface area contributed by atoms with E-state index in [1.54, 1.807) is 14.2 Å². The van der Waals surface area contributed by atoms with Crippen LogP contribution >= 0.6 is 0 Å². The van der Waals surface area contributed by atoms with Crippen LogP contribution in [0.3, 0.4) is 0 Å². The Hall–Kier alpha value is -3.16. The first kappa shape index (κ1) is 22.5. The fraction of sp³-hybridized carbons (Fsp3) is 0.333. The molecule has 1 fully saturated rings. The number of likely N-dealkylation sites (tertiary alicyclic amines) is 1. The van der Waals surface area contributed by atoms with E-state index in [2.05, 4.69) is 32.7 Å². The summed E-state index contributed by atoms with van der Waals surface area (Å²) in [5.41, 5.74) is 8.62. The first-order valence-electron chi connectivity index (χ1n) is 10.4. The molecule has 0 unspecified atom stereocenters. The van der Waals surface area contributed by atoms with E-state index in [1.165, 1.54) is 11.8 Å². The standard InChI is InChI=1S/C24H31N5O2/c1-26-23(20(15-25)18-9-5-3-6-10-18)28-24(30)27-22-17-29(13-14-31-2)16-21(22)19-11-7-4-8-12-19/h3-12,15,21-22H,13-14,16-17,25H2,1-2H3,(H2,26,27,28,30)/t21-,22+/m0/s1. The van der Waals surface area contributed by atoms with E-state index in [4.69, 9.17) is 10.5 Å². The molecule has 2 aromatic carbocycles. The number of nitrogens with zero attached hydrogens (tertiary/aromatic N) is 2. The summed E-state index contributed by atoms with van der Waals surface area (Å²) in [6, 6.07) is 19.6. The fourth-order valence-electron chi connectivity index (χ4n) is 3.96. The number of hydrogen-bond acceptors (Lipinski definition) is 5. The number of ether oxygens (including phenoxy) is 1. The molecule has 1 saturated heterocycles. The average Bonchev–Trinajstić information content (AvgIpc) is 3.21. The number of amides is 2.